The van der Waals surface area contributed by atoms with Crippen molar-refractivity contribution in [3.05, 3.63) is 28.2 Å². The Morgan fingerprint density at radius 3 is 2.74 bits per heavy atom. The molecule has 0 aliphatic heterocycles. The molecule has 1 aromatic carbocycles. The van der Waals surface area contributed by atoms with E-state index in [4.69, 9.17) is 23.2 Å². The third-order valence-corrected chi connectivity index (χ3v) is 5.87. The number of aliphatic hydroxyl groups is 1. The van der Waals surface area contributed by atoms with E-state index in [0.717, 1.165) is 19.3 Å². The van der Waals surface area contributed by atoms with E-state index >= 15 is 0 Å². The smallest absolute Gasteiger partial charge is 0.242 e. The third-order valence-electron chi connectivity index (χ3n) is 3.41. The van der Waals surface area contributed by atoms with Gasteiger partial charge in [0.15, 0.2) is 0 Å². The van der Waals surface area contributed by atoms with Crippen molar-refractivity contribution >= 4 is 33.2 Å². The van der Waals surface area contributed by atoms with Crippen LogP contribution in [0, 0.1) is 5.92 Å². The van der Waals surface area contributed by atoms with Crippen LogP contribution in [0.2, 0.25) is 10.0 Å². The Labute approximate surface area is 122 Å². The molecule has 1 aromatic rings. The Hall–Kier alpha value is -0.330. The highest BCUT2D eigenvalue weighted by molar-refractivity contribution is 7.89. The first-order chi connectivity index (χ1) is 8.95. The van der Waals surface area contributed by atoms with Gasteiger partial charge in [0.25, 0.3) is 0 Å². The lowest BCUT2D eigenvalue weighted by atomic mass is 10.1. The highest BCUT2D eigenvalue weighted by atomic mass is 35.5. The number of hydrogen-bond acceptors (Lipinski definition) is 3. The van der Waals surface area contributed by atoms with E-state index in [2.05, 4.69) is 4.72 Å². The maximum Gasteiger partial charge on any atom is 0.242 e. The number of rotatable bonds is 4. The minimum atomic E-state index is -3.72. The van der Waals surface area contributed by atoms with Crippen molar-refractivity contribution < 1.29 is 13.5 Å². The van der Waals surface area contributed by atoms with Crippen molar-refractivity contribution in [2.75, 3.05) is 6.61 Å². The summed E-state index contributed by atoms with van der Waals surface area (Å²) in [5.74, 6) is -0.0345. The third kappa shape index (κ3) is 3.23. The fraction of sp³-hybridized carbons (Fsp3) is 0.500. The van der Waals surface area contributed by atoms with Crippen LogP contribution in [0.5, 0.6) is 0 Å². The van der Waals surface area contributed by atoms with Crippen LogP contribution in [-0.2, 0) is 10.0 Å². The molecule has 106 valence electrons. The van der Waals surface area contributed by atoms with E-state index in [9.17, 15) is 13.5 Å². The van der Waals surface area contributed by atoms with Crippen LogP contribution in [0.25, 0.3) is 0 Å². The molecule has 7 heteroatoms. The van der Waals surface area contributed by atoms with Crippen LogP contribution in [0.4, 0.5) is 0 Å². The Morgan fingerprint density at radius 1 is 1.32 bits per heavy atom. The van der Waals surface area contributed by atoms with Crippen LogP contribution in [-0.4, -0.2) is 26.2 Å². The van der Waals surface area contributed by atoms with Crippen molar-refractivity contribution in [3.63, 3.8) is 0 Å². The predicted molar refractivity (Wildman–Crippen MR) is 75.0 cm³/mol. The summed E-state index contributed by atoms with van der Waals surface area (Å²) in [6.45, 7) is -0.0174. The molecule has 4 nitrogen and oxygen atoms in total. The number of halogens is 2. The molecule has 0 radical (unpaired) electrons. The Morgan fingerprint density at radius 2 is 2.05 bits per heavy atom. The number of benzene rings is 1. The molecule has 0 heterocycles. The molecule has 0 aromatic heterocycles. The molecule has 2 N–H and O–H groups in total. The van der Waals surface area contributed by atoms with E-state index in [1.165, 1.54) is 12.1 Å². The minimum absolute atomic E-state index is 0.0174. The molecular formula is C12H15Cl2NO3S. The molecule has 2 rings (SSSR count). The lowest BCUT2D eigenvalue weighted by Crippen LogP contribution is -2.38. The summed E-state index contributed by atoms with van der Waals surface area (Å²) in [5, 5.41) is 9.45. The van der Waals surface area contributed by atoms with Gasteiger partial charge in [0.05, 0.1) is 10.0 Å². The maximum absolute atomic E-state index is 12.3. The fourth-order valence-electron chi connectivity index (χ4n) is 2.36. The summed E-state index contributed by atoms with van der Waals surface area (Å²) in [5.41, 5.74) is 0. The lowest BCUT2D eigenvalue weighted by Gasteiger charge is -2.19. The van der Waals surface area contributed by atoms with Gasteiger partial charge in [-0.05, 0) is 30.9 Å². The Bertz CT molecular complexity index is 562. The molecule has 0 amide bonds. The molecule has 0 bridgehead atoms. The van der Waals surface area contributed by atoms with Gasteiger partial charge in [-0.25, -0.2) is 13.1 Å². The first-order valence-corrected chi connectivity index (χ1v) is 8.27. The van der Waals surface area contributed by atoms with Crippen molar-refractivity contribution in [2.45, 2.75) is 30.2 Å². The van der Waals surface area contributed by atoms with Gasteiger partial charge in [0, 0.05) is 12.6 Å². The standard InChI is InChI=1S/C12H15Cl2NO3S/c13-9-4-2-6-11(12(9)14)19(17,18)15-10-5-1-3-8(10)7-16/h2,4,6,8,10,15-16H,1,3,5,7H2. The highest BCUT2D eigenvalue weighted by Crippen LogP contribution is 2.31. The van der Waals surface area contributed by atoms with Crippen molar-refractivity contribution in [2.24, 2.45) is 5.92 Å². The summed E-state index contributed by atoms with van der Waals surface area (Å²) in [7, 11) is -3.72. The molecule has 1 aliphatic carbocycles. The van der Waals surface area contributed by atoms with Gasteiger partial charge in [-0.15, -0.1) is 0 Å². The molecule has 1 fully saturated rings. The number of sulfonamides is 1. The zero-order valence-corrected chi connectivity index (χ0v) is 12.5. The van der Waals surface area contributed by atoms with Crippen molar-refractivity contribution in [3.8, 4) is 0 Å². The molecule has 2 atom stereocenters. The summed E-state index contributed by atoms with van der Waals surface area (Å²) in [6.07, 6.45) is 2.46. The van der Waals surface area contributed by atoms with Gasteiger partial charge in [-0.3, -0.25) is 0 Å². The van der Waals surface area contributed by atoms with Gasteiger partial charge in [-0.1, -0.05) is 35.7 Å². The number of aliphatic hydroxyl groups excluding tert-OH is 1. The minimum Gasteiger partial charge on any atom is -0.396 e. The van der Waals surface area contributed by atoms with Gasteiger partial charge in [0.2, 0.25) is 10.0 Å². The van der Waals surface area contributed by atoms with Crippen molar-refractivity contribution in [1.29, 1.82) is 0 Å². The van der Waals surface area contributed by atoms with Gasteiger partial charge in [0.1, 0.15) is 4.90 Å². The molecule has 1 saturated carbocycles. The summed E-state index contributed by atoms with van der Waals surface area (Å²) >= 11 is 11.8. The van der Waals surface area contributed by atoms with Gasteiger partial charge >= 0.3 is 0 Å². The average Bonchev–Trinajstić information content (AvgIpc) is 2.78. The molecule has 19 heavy (non-hydrogen) atoms. The lowest BCUT2D eigenvalue weighted by molar-refractivity contribution is 0.213. The topological polar surface area (TPSA) is 66.4 Å². The van der Waals surface area contributed by atoms with Gasteiger partial charge in [-0.2, -0.15) is 0 Å². The van der Waals surface area contributed by atoms with Crippen LogP contribution in [0.3, 0.4) is 0 Å². The van der Waals surface area contributed by atoms with Crippen LogP contribution in [0.15, 0.2) is 23.1 Å². The first-order valence-electron chi connectivity index (χ1n) is 6.03. The second kappa shape index (κ2) is 5.97. The monoisotopic (exact) mass is 323 g/mol. The maximum atomic E-state index is 12.3. The fourth-order valence-corrected chi connectivity index (χ4v) is 4.47. The van der Waals surface area contributed by atoms with E-state index in [1.807, 2.05) is 0 Å². The van der Waals surface area contributed by atoms with E-state index in [-0.39, 0.29) is 33.5 Å². The van der Waals surface area contributed by atoms with E-state index < -0.39 is 10.0 Å². The van der Waals surface area contributed by atoms with Gasteiger partial charge < -0.3 is 5.11 Å². The second-order valence-electron chi connectivity index (χ2n) is 4.65. The Balaban J connectivity index is 2.25. The summed E-state index contributed by atoms with van der Waals surface area (Å²) < 4.78 is 27.2. The van der Waals surface area contributed by atoms with Crippen LogP contribution >= 0.6 is 23.2 Å². The molecule has 1 aliphatic rings. The predicted octanol–water partition coefficient (Wildman–Crippen LogP) is 2.43. The molecule has 0 saturated heterocycles. The summed E-state index contributed by atoms with van der Waals surface area (Å²) in [6, 6.07) is 4.25. The Kier molecular flexibility index (Phi) is 4.74. The summed E-state index contributed by atoms with van der Waals surface area (Å²) in [4.78, 5) is -0.0229. The highest BCUT2D eigenvalue weighted by Gasteiger charge is 2.31. The van der Waals surface area contributed by atoms with Crippen LogP contribution in [0.1, 0.15) is 19.3 Å². The van der Waals surface area contributed by atoms with E-state index in [1.54, 1.807) is 6.07 Å². The zero-order chi connectivity index (χ0) is 14.0. The normalized spacial score (nSPS) is 23.7. The molecular weight excluding hydrogens is 309 g/mol. The molecule has 2 unspecified atom stereocenters. The zero-order valence-electron chi connectivity index (χ0n) is 10.1. The second-order valence-corrected chi connectivity index (χ2v) is 7.12. The molecule has 0 spiro atoms. The van der Waals surface area contributed by atoms with Crippen LogP contribution < -0.4 is 4.72 Å². The van der Waals surface area contributed by atoms with Crippen molar-refractivity contribution in [1.82, 2.24) is 4.72 Å². The number of nitrogens with one attached hydrogen (secondary N) is 1. The largest absolute Gasteiger partial charge is 0.396 e. The quantitative estimate of drug-likeness (QED) is 0.894. The SMILES string of the molecule is O=S(=O)(NC1CCCC1CO)c1cccc(Cl)c1Cl. The van der Waals surface area contributed by atoms with E-state index in [0.29, 0.717) is 0 Å². The first kappa shape index (κ1) is 15.1. The number of hydrogen-bond donors (Lipinski definition) is 2. The average molecular weight is 324 g/mol.